The van der Waals surface area contributed by atoms with Crippen molar-refractivity contribution in [2.75, 3.05) is 33.1 Å². The van der Waals surface area contributed by atoms with Gasteiger partial charge in [0.2, 0.25) is 0 Å². The Bertz CT molecular complexity index is 745. The third kappa shape index (κ3) is 7.50. The van der Waals surface area contributed by atoms with Gasteiger partial charge < -0.3 is 14.8 Å². The zero-order valence-electron chi connectivity index (χ0n) is 14.5. The molecule has 0 bridgehead atoms. The summed E-state index contributed by atoms with van der Waals surface area (Å²) in [4.78, 5) is 24.5. The summed E-state index contributed by atoms with van der Waals surface area (Å²) < 4.78 is 34.5. The molecule has 26 heavy (non-hydrogen) atoms. The number of hydrogen-bond donors (Lipinski definition) is 1. The van der Waals surface area contributed by atoms with Crippen LogP contribution in [0, 0.1) is 11.5 Å². The van der Waals surface area contributed by atoms with Gasteiger partial charge in [-0.2, -0.15) is 5.26 Å². The Morgan fingerprint density at radius 3 is 2.54 bits per heavy atom. The lowest BCUT2D eigenvalue weighted by atomic mass is 10.2. The molecule has 142 valence electrons. The van der Waals surface area contributed by atoms with Gasteiger partial charge in [0.1, 0.15) is 0 Å². The maximum atomic E-state index is 12.4. The van der Waals surface area contributed by atoms with Crippen LogP contribution < -0.4 is 5.32 Å². The maximum Gasteiger partial charge on any atom is 0.408 e. The van der Waals surface area contributed by atoms with E-state index in [0.29, 0.717) is 10.5 Å². The first kappa shape index (κ1) is 21.4. The van der Waals surface area contributed by atoms with Crippen LogP contribution in [-0.2, 0) is 29.9 Å². The first-order chi connectivity index (χ1) is 12.3. The number of ether oxygens (including phenoxy) is 2. The fourth-order valence-corrected chi connectivity index (χ4v) is 3.45. The van der Waals surface area contributed by atoms with Gasteiger partial charge >= 0.3 is 6.09 Å². The first-order valence-electron chi connectivity index (χ1n) is 7.64. The number of rotatable bonds is 9. The van der Waals surface area contributed by atoms with Crippen LogP contribution in [0.5, 0.6) is 0 Å². The summed E-state index contributed by atoms with van der Waals surface area (Å²) in [6, 6.07) is 8.40. The van der Waals surface area contributed by atoms with E-state index < -0.39 is 33.7 Å². The summed E-state index contributed by atoms with van der Waals surface area (Å²) in [5.74, 6) is -1.97. The Morgan fingerprint density at radius 2 is 1.96 bits per heavy atom. The molecule has 0 aliphatic rings. The number of hydrogen-bond acceptors (Lipinski definition) is 7. The average molecular weight is 383 g/mol. The molecule has 10 heteroatoms. The molecule has 2 amide bonds. The summed E-state index contributed by atoms with van der Waals surface area (Å²) in [6.45, 7) is 0.346. The van der Waals surface area contributed by atoms with Crippen LogP contribution in [0.1, 0.15) is 5.56 Å². The highest BCUT2D eigenvalue weighted by Gasteiger charge is 2.31. The van der Waals surface area contributed by atoms with Crippen molar-refractivity contribution in [3.05, 3.63) is 35.9 Å². The number of methoxy groups -OCH3 is 1. The van der Waals surface area contributed by atoms with Crippen molar-refractivity contribution in [2.24, 2.45) is 0 Å². The average Bonchev–Trinajstić information content (AvgIpc) is 2.60. The van der Waals surface area contributed by atoms with Gasteiger partial charge in [-0.05, 0) is 5.56 Å². The molecule has 0 aliphatic heterocycles. The van der Waals surface area contributed by atoms with Gasteiger partial charge in [0.15, 0.2) is 22.1 Å². The normalized spacial score (nSPS) is 11.9. The number of carbonyl (C=O) groups is 2. The molecule has 1 N–H and O–H groups in total. The Labute approximate surface area is 152 Å². The topological polar surface area (TPSA) is 126 Å². The number of nitrogens with zero attached hydrogens (tertiary/aromatic N) is 2. The highest BCUT2D eigenvalue weighted by molar-refractivity contribution is 7.90. The van der Waals surface area contributed by atoms with Gasteiger partial charge in [-0.1, -0.05) is 30.3 Å². The summed E-state index contributed by atoms with van der Waals surface area (Å²) in [6.07, 6.45) is -1.04. The molecular weight excluding hydrogens is 362 g/mol. The zero-order chi connectivity index (χ0) is 19.6. The number of benzene rings is 1. The second-order valence-corrected chi connectivity index (χ2v) is 7.46. The maximum absolute atomic E-state index is 12.4. The second-order valence-electron chi connectivity index (χ2n) is 5.35. The van der Waals surface area contributed by atoms with Gasteiger partial charge in [-0.15, -0.1) is 0 Å². The lowest BCUT2D eigenvalue weighted by molar-refractivity contribution is -0.134. The van der Waals surface area contributed by atoms with E-state index in [0.717, 1.165) is 7.05 Å². The molecule has 1 unspecified atom stereocenters. The highest BCUT2D eigenvalue weighted by atomic mass is 32.2. The molecular formula is C16H21N3O6S. The minimum Gasteiger partial charge on any atom is -0.435 e. The number of carbonyl (C=O) groups excluding carboxylic acids is 2. The van der Waals surface area contributed by atoms with E-state index in [2.05, 4.69) is 5.32 Å². The predicted octanol–water partition coefficient (Wildman–Crippen LogP) is 0.282. The summed E-state index contributed by atoms with van der Waals surface area (Å²) >= 11 is 0. The van der Waals surface area contributed by atoms with Crippen molar-refractivity contribution in [3.8, 4) is 6.19 Å². The minimum absolute atomic E-state index is 0.126. The first-order valence-corrected chi connectivity index (χ1v) is 9.46. The minimum atomic E-state index is -3.78. The summed E-state index contributed by atoms with van der Waals surface area (Å²) in [5.41, 5.74) is 0.539. The number of amides is 2. The van der Waals surface area contributed by atoms with E-state index in [-0.39, 0.29) is 18.9 Å². The molecule has 1 aromatic rings. The van der Waals surface area contributed by atoms with Crippen LogP contribution in [0.4, 0.5) is 4.79 Å². The summed E-state index contributed by atoms with van der Waals surface area (Å²) in [7, 11) is -1.18. The van der Waals surface area contributed by atoms with E-state index in [1.54, 1.807) is 36.5 Å². The van der Waals surface area contributed by atoms with Gasteiger partial charge in [0.25, 0.3) is 5.91 Å². The molecule has 0 aliphatic carbocycles. The SMILES string of the molecule is COCCNC(=O)OC(CS(=O)(=O)Cc1ccccc1)C(=O)N(C)C#N. The zero-order valence-corrected chi connectivity index (χ0v) is 15.4. The molecule has 1 aromatic carbocycles. The molecule has 0 heterocycles. The smallest absolute Gasteiger partial charge is 0.408 e. The largest absolute Gasteiger partial charge is 0.435 e. The fourth-order valence-electron chi connectivity index (χ4n) is 1.96. The van der Waals surface area contributed by atoms with Gasteiger partial charge in [-0.3, -0.25) is 4.79 Å². The lowest BCUT2D eigenvalue weighted by Gasteiger charge is -2.19. The van der Waals surface area contributed by atoms with E-state index in [1.807, 2.05) is 0 Å². The van der Waals surface area contributed by atoms with E-state index in [4.69, 9.17) is 14.7 Å². The molecule has 1 atom stereocenters. The molecule has 0 saturated heterocycles. The van der Waals surface area contributed by atoms with Crippen LogP contribution in [0.2, 0.25) is 0 Å². The number of nitrogens with one attached hydrogen (secondary N) is 1. The third-order valence-corrected chi connectivity index (χ3v) is 4.80. The van der Waals surface area contributed by atoms with Gasteiger partial charge in [0.05, 0.1) is 18.1 Å². The second kappa shape index (κ2) is 10.4. The Morgan fingerprint density at radius 1 is 1.31 bits per heavy atom. The van der Waals surface area contributed by atoms with Crippen molar-refractivity contribution < 1.29 is 27.5 Å². The standard InChI is InChI=1S/C16H21N3O6S/c1-19(12-17)15(20)14(25-16(21)18-8-9-24-2)11-26(22,23)10-13-6-4-3-5-7-13/h3-7,14H,8-11H2,1-2H3,(H,18,21). The number of sulfone groups is 1. The van der Waals surface area contributed by atoms with E-state index >= 15 is 0 Å². The van der Waals surface area contributed by atoms with Crippen LogP contribution >= 0.6 is 0 Å². The Kier molecular flexibility index (Phi) is 8.54. The predicted molar refractivity (Wildman–Crippen MR) is 92.5 cm³/mol. The van der Waals surface area contributed by atoms with Crippen LogP contribution in [0.15, 0.2) is 30.3 Å². The van der Waals surface area contributed by atoms with Crippen LogP contribution in [-0.4, -0.2) is 64.5 Å². The van der Waals surface area contributed by atoms with Crippen LogP contribution in [0.3, 0.4) is 0 Å². The molecule has 0 aromatic heterocycles. The molecule has 0 radical (unpaired) electrons. The highest BCUT2D eigenvalue weighted by Crippen LogP contribution is 2.10. The summed E-state index contributed by atoms with van der Waals surface area (Å²) in [5, 5.41) is 11.2. The third-order valence-electron chi connectivity index (χ3n) is 3.22. The fraction of sp³-hybridized carbons (Fsp3) is 0.438. The number of likely N-dealkylation sites (N-methyl/N-ethyl adjacent to an activating group) is 1. The number of nitriles is 1. The lowest BCUT2D eigenvalue weighted by Crippen LogP contribution is -2.43. The quantitative estimate of drug-likeness (QED) is 0.369. The monoisotopic (exact) mass is 383 g/mol. The van der Waals surface area contributed by atoms with Crippen LogP contribution in [0.25, 0.3) is 0 Å². The molecule has 0 saturated carbocycles. The van der Waals surface area contributed by atoms with Crippen molar-refractivity contribution >= 4 is 21.8 Å². The van der Waals surface area contributed by atoms with Gasteiger partial charge in [-0.25, -0.2) is 18.1 Å². The van der Waals surface area contributed by atoms with Gasteiger partial charge in [0, 0.05) is 20.7 Å². The molecule has 9 nitrogen and oxygen atoms in total. The van der Waals surface area contributed by atoms with E-state index in [9.17, 15) is 18.0 Å². The van der Waals surface area contributed by atoms with Crippen molar-refractivity contribution in [3.63, 3.8) is 0 Å². The van der Waals surface area contributed by atoms with Crippen molar-refractivity contribution in [1.82, 2.24) is 10.2 Å². The number of alkyl carbamates (subject to hydrolysis) is 1. The molecule has 0 fully saturated rings. The Hall–Kier alpha value is -2.64. The van der Waals surface area contributed by atoms with Crippen molar-refractivity contribution in [1.29, 1.82) is 5.26 Å². The van der Waals surface area contributed by atoms with Crippen molar-refractivity contribution in [2.45, 2.75) is 11.9 Å². The Balaban J connectivity index is 2.85. The molecule has 0 spiro atoms. The molecule has 1 rings (SSSR count). The van der Waals surface area contributed by atoms with E-state index in [1.165, 1.54) is 7.11 Å².